The van der Waals surface area contributed by atoms with Gasteiger partial charge >= 0.3 is 0 Å². The summed E-state index contributed by atoms with van der Waals surface area (Å²) in [6, 6.07) is 7.45. The van der Waals surface area contributed by atoms with E-state index in [0.717, 1.165) is 11.1 Å². The van der Waals surface area contributed by atoms with Crippen molar-refractivity contribution in [1.29, 1.82) is 0 Å². The second-order valence-electron chi connectivity index (χ2n) is 3.55. The summed E-state index contributed by atoms with van der Waals surface area (Å²) in [5, 5.41) is 8.02. The fourth-order valence-corrected chi connectivity index (χ4v) is 2.29. The van der Waals surface area contributed by atoms with Crippen LogP contribution >= 0.6 is 0 Å². The first-order valence-electron chi connectivity index (χ1n) is 4.67. The number of carbonyl (C=O) groups excluding carboxylic acids is 2. The van der Waals surface area contributed by atoms with Crippen LogP contribution in [0.5, 0.6) is 0 Å². The zero-order chi connectivity index (χ0) is 11.2. The predicted octanol–water partition coefficient (Wildman–Crippen LogP) is 0.301. The van der Waals surface area contributed by atoms with Crippen molar-refractivity contribution in [2.24, 2.45) is 10.1 Å². The monoisotopic (exact) mass is 214 g/mol. The molecule has 6 nitrogen and oxygen atoms in total. The van der Waals surface area contributed by atoms with Crippen LogP contribution in [-0.4, -0.2) is 17.2 Å². The van der Waals surface area contributed by atoms with Crippen LogP contribution in [-0.2, 0) is 15.4 Å². The topological polar surface area (TPSA) is 74.1 Å². The number of hydrogen-bond acceptors (Lipinski definition) is 6. The SMILES string of the molecule is O=C=NN1C2NC1(N=C=O)c1ccccc12. The van der Waals surface area contributed by atoms with Crippen molar-refractivity contribution in [3.8, 4) is 0 Å². The number of isocyanates is 2. The minimum Gasteiger partial charge on any atom is -0.244 e. The molecule has 0 radical (unpaired) electrons. The van der Waals surface area contributed by atoms with Gasteiger partial charge in [-0.3, -0.25) is 0 Å². The van der Waals surface area contributed by atoms with Crippen LogP contribution in [0.4, 0.5) is 0 Å². The van der Waals surface area contributed by atoms with E-state index in [1.54, 1.807) is 0 Å². The summed E-state index contributed by atoms with van der Waals surface area (Å²) in [7, 11) is 0. The van der Waals surface area contributed by atoms with Crippen molar-refractivity contribution in [1.82, 2.24) is 10.3 Å². The predicted molar refractivity (Wildman–Crippen MR) is 52.1 cm³/mol. The van der Waals surface area contributed by atoms with E-state index in [1.807, 2.05) is 24.3 Å². The average Bonchev–Trinajstić information content (AvgIpc) is 2.75. The maximum atomic E-state index is 10.5. The Morgan fingerprint density at radius 1 is 1.31 bits per heavy atom. The van der Waals surface area contributed by atoms with Crippen molar-refractivity contribution in [3.05, 3.63) is 35.4 Å². The number of aliphatic imine (C=N–C) groups is 1. The fraction of sp³-hybridized carbons (Fsp3) is 0.200. The van der Waals surface area contributed by atoms with E-state index < -0.39 is 5.79 Å². The maximum Gasteiger partial charge on any atom is 0.258 e. The maximum absolute atomic E-state index is 10.5. The molecule has 0 spiro atoms. The lowest BCUT2D eigenvalue weighted by Crippen LogP contribution is -2.62. The minimum absolute atomic E-state index is 0.213. The standard InChI is InChI=1S/C10H6N4O2/c15-5-11-10-8-4-2-1-3-7(8)9(13-10)14(10)12-6-16/h1-4,9,13H. The third kappa shape index (κ3) is 0.816. The number of hydrogen-bond donors (Lipinski definition) is 1. The van der Waals surface area contributed by atoms with Crippen molar-refractivity contribution in [2.75, 3.05) is 0 Å². The number of benzene rings is 1. The molecule has 1 saturated heterocycles. The summed E-state index contributed by atoms with van der Waals surface area (Å²) in [6.07, 6.45) is 2.74. The molecular weight excluding hydrogens is 208 g/mol. The molecule has 2 unspecified atom stereocenters. The van der Waals surface area contributed by atoms with Gasteiger partial charge in [-0.1, -0.05) is 29.4 Å². The van der Waals surface area contributed by atoms with E-state index in [4.69, 9.17) is 0 Å². The van der Waals surface area contributed by atoms with Crippen molar-refractivity contribution < 1.29 is 9.59 Å². The molecular formula is C10H6N4O2. The molecule has 1 fully saturated rings. The van der Waals surface area contributed by atoms with Gasteiger partial charge in [0, 0.05) is 5.56 Å². The van der Waals surface area contributed by atoms with Crippen molar-refractivity contribution >= 4 is 12.2 Å². The first kappa shape index (κ1) is 9.00. The van der Waals surface area contributed by atoms with E-state index in [1.165, 1.54) is 17.2 Å². The van der Waals surface area contributed by atoms with Gasteiger partial charge in [0.1, 0.15) is 6.17 Å². The Labute approximate surface area is 90.3 Å². The summed E-state index contributed by atoms with van der Waals surface area (Å²) >= 11 is 0. The lowest BCUT2D eigenvalue weighted by Gasteiger charge is -2.45. The summed E-state index contributed by atoms with van der Waals surface area (Å²) in [4.78, 5) is 24.5. The molecule has 3 aliphatic heterocycles. The highest BCUT2D eigenvalue weighted by Gasteiger charge is 2.62. The minimum atomic E-state index is -1.06. The van der Waals surface area contributed by atoms with Gasteiger partial charge in [-0.05, 0) is 5.56 Å². The molecule has 1 aromatic carbocycles. The van der Waals surface area contributed by atoms with E-state index in [0.29, 0.717) is 0 Å². The Hall–Kier alpha value is -2.26. The van der Waals surface area contributed by atoms with E-state index in [-0.39, 0.29) is 6.17 Å². The van der Waals surface area contributed by atoms with Crippen molar-refractivity contribution in [3.63, 3.8) is 0 Å². The Morgan fingerprint density at radius 3 is 2.88 bits per heavy atom. The zero-order valence-electron chi connectivity index (χ0n) is 8.04. The molecule has 2 atom stereocenters. The molecule has 1 N–H and O–H groups in total. The molecule has 0 amide bonds. The smallest absolute Gasteiger partial charge is 0.244 e. The van der Waals surface area contributed by atoms with Crippen molar-refractivity contribution in [2.45, 2.75) is 12.0 Å². The molecule has 0 saturated carbocycles. The second-order valence-corrected chi connectivity index (χ2v) is 3.55. The van der Waals surface area contributed by atoms with Crippen LogP contribution in [0.3, 0.4) is 0 Å². The summed E-state index contributed by atoms with van der Waals surface area (Å²) in [5.41, 5.74) is 1.78. The number of hydrazone groups is 1. The number of rotatable bonds is 2. The van der Waals surface area contributed by atoms with Gasteiger partial charge in [0.25, 0.3) is 6.08 Å². The summed E-state index contributed by atoms with van der Waals surface area (Å²) < 4.78 is 0. The van der Waals surface area contributed by atoms with Gasteiger partial charge in [-0.15, -0.1) is 0 Å². The molecule has 0 aromatic heterocycles. The van der Waals surface area contributed by atoms with Gasteiger partial charge in [-0.2, -0.15) is 4.99 Å². The van der Waals surface area contributed by atoms with E-state index in [9.17, 15) is 9.59 Å². The van der Waals surface area contributed by atoms with Crippen LogP contribution < -0.4 is 5.32 Å². The quantitative estimate of drug-likeness (QED) is 0.567. The first-order chi connectivity index (χ1) is 7.83. The summed E-state index contributed by atoms with van der Waals surface area (Å²) in [6.45, 7) is 0. The zero-order valence-corrected chi connectivity index (χ0v) is 8.04. The largest absolute Gasteiger partial charge is 0.258 e. The van der Waals surface area contributed by atoms with Gasteiger partial charge in [0.2, 0.25) is 11.9 Å². The Balaban J connectivity index is 2.21. The van der Waals surface area contributed by atoms with Crippen LogP contribution in [0.15, 0.2) is 34.4 Å². The van der Waals surface area contributed by atoms with E-state index in [2.05, 4.69) is 15.4 Å². The van der Waals surface area contributed by atoms with Crippen LogP contribution in [0.25, 0.3) is 0 Å². The van der Waals surface area contributed by atoms with Gasteiger partial charge in [0.05, 0.1) is 0 Å². The molecule has 3 aliphatic rings. The molecule has 2 bridgehead atoms. The molecule has 0 aliphatic carbocycles. The van der Waals surface area contributed by atoms with Gasteiger partial charge in [0.15, 0.2) is 0 Å². The molecule has 78 valence electrons. The lowest BCUT2D eigenvalue weighted by molar-refractivity contribution is -0.0897. The second kappa shape index (κ2) is 2.87. The number of nitrogens with zero attached hydrogens (tertiary/aromatic N) is 3. The summed E-state index contributed by atoms with van der Waals surface area (Å²) in [5.74, 6) is -1.06. The van der Waals surface area contributed by atoms with Crippen LogP contribution in [0.1, 0.15) is 17.3 Å². The Kier molecular flexibility index (Phi) is 1.61. The lowest BCUT2D eigenvalue weighted by atomic mass is 10.1. The Bertz CT molecular complexity index is 560. The normalized spacial score (nSPS) is 28.5. The van der Waals surface area contributed by atoms with E-state index >= 15 is 0 Å². The highest BCUT2D eigenvalue weighted by molar-refractivity contribution is 5.50. The molecule has 4 rings (SSSR count). The fourth-order valence-electron chi connectivity index (χ4n) is 2.29. The van der Waals surface area contributed by atoms with Crippen LogP contribution in [0.2, 0.25) is 0 Å². The van der Waals surface area contributed by atoms with Gasteiger partial charge < -0.3 is 0 Å². The molecule has 1 aromatic rings. The molecule has 3 heterocycles. The third-order valence-electron chi connectivity index (χ3n) is 2.90. The average molecular weight is 214 g/mol. The molecule has 16 heavy (non-hydrogen) atoms. The highest BCUT2D eigenvalue weighted by Crippen LogP contribution is 2.53. The Morgan fingerprint density at radius 2 is 2.12 bits per heavy atom. The highest BCUT2D eigenvalue weighted by atomic mass is 16.1. The molecule has 6 heteroatoms. The van der Waals surface area contributed by atoms with Gasteiger partial charge in [-0.25, -0.2) is 19.9 Å². The number of nitrogens with one attached hydrogen (secondary N) is 1. The third-order valence-corrected chi connectivity index (χ3v) is 2.90. The first-order valence-corrected chi connectivity index (χ1v) is 4.67. The van der Waals surface area contributed by atoms with Crippen LogP contribution in [0, 0.1) is 0 Å².